The van der Waals surface area contributed by atoms with Crippen molar-refractivity contribution in [1.82, 2.24) is 25.3 Å². The number of hydrogen-bond donors (Lipinski definition) is 0. The van der Waals surface area contributed by atoms with Gasteiger partial charge in [0.05, 0.1) is 42.3 Å². The van der Waals surface area contributed by atoms with Crippen LogP contribution in [-0.4, -0.2) is 37.2 Å². The fourth-order valence-corrected chi connectivity index (χ4v) is 10.6. The lowest BCUT2D eigenvalue weighted by Gasteiger charge is -2.23. The number of halogens is 4. The lowest BCUT2D eigenvalue weighted by Crippen LogP contribution is -2.15. The highest BCUT2D eigenvalue weighted by atomic mass is 35.5. The third-order valence-electron chi connectivity index (χ3n) is 14.0. The number of carbonyl (C=O) groups excluding carboxylic acids is 2. The summed E-state index contributed by atoms with van der Waals surface area (Å²) in [5, 5.41) is 12.1. The van der Waals surface area contributed by atoms with Crippen molar-refractivity contribution < 1.29 is 32.8 Å². The van der Waals surface area contributed by atoms with E-state index in [0.717, 1.165) is 94.2 Å². The number of fused-ring (bicyclic) bond motifs is 2. The molecule has 5 heterocycles. The van der Waals surface area contributed by atoms with Crippen molar-refractivity contribution in [2.75, 3.05) is 0 Å². The van der Waals surface area contributed by atoms with Gasteiger partial charge in [-0.3, -0.25) is 4.98 Å². The van der Waals surface area contributed by atoms with Crippen LogP contribution in [0.2, 0.25) is 20.1 Å². The molecule has 2 saturated carbocycles. The molecule has 5 aromatic carbocycles. The summed E-state index contributed by atoms with van der Waals surface area (Å²) in [6.07, 6.45) is 9.43. The molecule has 0 amide bonds. The van der Waals surface area contributed by atoms with Gasteiger partial charge < -0.3 is 23.3 Å². The Morgan fingerprint density at radius 2 is 0.933 bits per heavy atom. The smallest absolute Gasteiger partial charge is 0.364 e. The first-order chi connectivity index (χ1) is 36.6. The van der Waals surface area contributed by atoms with Crippen LogP contribution in [0.25, 0.3) is 66.6 Å². The third kappa shape index (κ3) is 9.71. The Balaban J connectivity index is 0.674. The SMILES string of the molecule is O=C(OC(=O)c1ccc2cc(-c3ccc(OCc4c(-c5c(Cl)cncc5Cl)noc4C4CCC4)cc3)ccc2n1)c1ccc2cc(-c3ccc(OCc4c(-c5c(Cl)cccc5Cl)noc4C4CCC4)cc3)ccc2n1. The van der Waals surface area contributed by atoms with E-state index in [1.807, 2.05) is 84.9 Å². The Morgan fingerprint density at radius 3 is 1.36 bits per heavy atom. The van der Waals surface area contributed by atoms with Gasteiger partial charge in [0.25, 0.3) is 0 Å². The number of nitrogens with zero attached hydrogens (tertiary/aromatic N) is 5. The molecule has 0 saturated heterocycles. The number of esters is 2. The van der Waals surface area contributed by atoms with Crippen LogP contribution in [0, 0.1) is 0 Å². The fourth-order valence-electron chi connectivity index (χ4n) is 9.48. The zero-order chi connectivity index (χ0) is 51.2. The number of ether oxygens (including phenoxy) is 3. The van der Waals surface area contributed by atoms with Gasteiger partial charge in [0.2, 0.25) is 0 Å². The predicted octanol–water partition coefficient (Wildman–Crippen LogP) is 16.1. The van der Waals surface area contributed by atoms with Gasteiger partial charge in [0.1, 0.15) is 59.0 Å². The van der Waals surface area contributed by atoms with Gasteiger partial charge in [-0.15, -0.1) is 0 Å². The zero-order valence-electron chi connectivity index (χ0n) is 39.7. The Labute approximate surface area is 449 Å². The molecule has 12 rings (SSSR count). The molecule has 2 aliphatic carbocycles. The summed E-state index contributed by atoms with van der Waals surface area (Å²) in [6, 6.07) is 38.9. The van der Waals surface area contributed by atoms with E-state index in [0.29, 0.717) is 65.1 Å². The molecule has 0 N–H and O–H groups in total. The molecule has 16 heteroatoms. The number of pyridine rings is 3. The summed E-state index contributed by atoms with van der Waals surface area (Å²) in [7, 11) is 0. The van der Waals surface area contributed by atoms with Crippen molar-refractivity contribution in [3.05, 3.63) is 194 Å². The summed E-state index contributed by atoms with van der Waals surface area (Å²) in [4.78, 5) is 39.6. The number of carbonyl (C=O) groups is 2. The molecular weight excluding hydrogens is 1030 g/mol. The molecule has 0 radical (unpaired) electrons. The van der Waals surface area contributed by atoms with E-state index in [2.05, 4.69) is 25.3 Å². The Morgan fingerprint density at radius 1 is 0.507 bits per heavy atom. The van der Waals surface area contributed by atoms with E-state index >= 15 is 0 Å². The molecule has 75 heavy (non-hydrogen) atoms. The fraction of sp³-hybridized carbons (Fsp3) is 0.169. The van der Waals surface area contributed by atoms with Crippen LogP contribution in [0.4, 0.5) is 0 Å². The average molecular weight is 1070 g/mol. The van der Waals surface area contributed by atoms with Crippen molar-refractivity contribution in [2.45, 2.75) is 63.6 Å². The first kappa shape index (κ1) is 48.3. The van der Waals surface area contributed by atoms with Crippen molar-refractivity contribution in [1.29, 1.82) is 0 Å². The number of aromatic nitrogens is 5. The Bertz CT molecular complexity index is 3550. The van der Waals surface area contributed by atoms with E-state index in [4.69, 9.17) is 69.7 Å². The van der Waals surface area contributed by atoms with Crippen LogP contribution in [0.5, 0.6) is 11.5 Å². The van der Waals surface area contributed by atoms with Gasteiger partial charge in [0.15, 0.2) is 0 Å². The summed E-state index contributed by atoms with van der Waals surface area (Å²) < 4.78 is 29.6. The number of hydrogen-bond acceptors (Lipinski definition) is 12. The topological polar surface area (TPSA) is 153 Å². The lowest BCUT2D eigenvalue weighted by molar-refractivity contribution is 0.0389. The van der Waals surface area contributed by atoms with E-state index in [1.54, 1.807) is 30.3 Å². The molecule has 0 atom stereocenters. The molecular formula is C59H41Cl4N5O7. The zero-order valence-corrected chi connectivity index (χ0v) is 42.7. The molecule has 372 valence electrons. The maximum Gasteiger partial charge on any atom is 0.364 e. The summed E-state index contributed by atoms with van der Waals surface area (Å²) >= 11 is 26.2. The molecule has 0 bridgehead atoms. The standard InChI is InChI=1S/C59H41Cl4N5O7/c60-44-8-3-9-45(61)52(44)54-42(56(74-67-54)34-4-1-5-34)30-71-40-18-10-32(11-19-40)36-14-22-48-38(26-36)16-24-50(65-48)58(69)73-59(70)51-25-17-39-27-37(15-23-49(39)66-51)33-12-20-41(21-13-33)72-31-43-55(53-46(62)28-64-29-47(53)63)68-75-57(43)35-6-2-7-35/h3,8-29,34-35H,1-2,4-7,30-31H2. The van der Waals surface area contributed by atoms with Crippen molar-refractivity contribution in [3.8, 4) is 56.3 Å². The maximum atomic E-state index is 13.3. The number of rotatable bonds is 14. The van der Waals surface area contributed by atoms with Crippen LogP contribution in [-0.2, 0) is 18.0 Å². The van der Waals surface area contributed by atoms with Gasteiger partial charge >= 0.3 is 11.9 Å². The van der Waals surface area contributed by atoms with Crippen LogP contribution >= 0.6 is 46.4 Å². The van der Waals surface area contributed by atoms with Crippen molar-refractivity contribution in [2.24, 2.45) is 0 Å². The highest BCUT2D eigenvalue weighted by Crippen LogP contribution is 2.46. The van der Waals surface area contributed by atoms with Crippen LogP contribution < -0.4 is 9.47 Å². The number of benzene rings is 5. The van der Waals surface area contributed by atoms with Crippen molar-refractivity contribution >= 4 is 80.1 Å². The van der Waals surface area contributed by atoms with E-state index < -0.39 is 11.9 Å². The minimum Gasteiger partial charge on any atom is -0.489 e. The minimum absolute atomic E-state index is 0.0124. The third-order valence-corrected chi connectivity index (χ3v) is 15.2. The monoisotopic (exact) mass is 1070 g/mol. The second-order valence-electron chi connectivity index (χ2n) is 18.6. The van der Waals surface area contributed by atoms with E-state index in [-0.39, 0.29) is 36.4 Å². The molecule has 0 aliphatic heterocycles. The largest absolute Gasteiger partial charge is 0.489 e. The molecule has 10 aromatic rings. The van der Waals surface area contributed by atoms with Gasteiger partial charge in [-0.05, 0) is 121 Å². The second-order valence-corrected chi connectivity index (χ2v) is 20.2. The summed E-state index contributed by atoms with van der Waals surface area (Å²) in [6.45, 7) is 0.448. The minimum atomic E-state index is -0.887. The molecule has 5 aromatic heterocycles. The van der Waals surface area contributed by atoms with Crippen LogP contribution in [0.3, 0.4) is 0 Å². The molecule has 12 nitrogen and oxygen atoms in total. The maximum absolute atomic E-state index is 13.3. The second kappa shape index (κ2) is 20.6. The first-order valence-corrected chi connectivity index (χ1v) is 25.9. The first-order valence-electron chi connectivity index (χ1n) is 24.4. The van der Waals surface area contributed by atoms with Crippen molar-refractivity contribution in [3.63, 3.8) is 0 Å². The van der Waals surface area contributed by atoms with E-state index in [1.165, 1.54) is 24.5 Å². The highest BCUT2D eigenvalue weighted by Gasteiger charge is 2.32. The average Bonchev–Trinajstić information content (AvgIpc) is 3.99. The van der Waals surface area contributed by atoms with Gasteiger partial charge in [0, 0.05) is 46.1 Å². The van der Waals surface area contributed by atoms with Gasteiger partial charge in [-0.1, -0.05) is 124 Å². The normalized spacial score (nSPS) is 13.7. The summed E-state index contributed by atoms with van der Waals surface area (Å²) in [5.74, 6) is 1.72. The molecule has 0 unspecified atom stereocenters. The Kier molecular flexibility index (Phi) is 13.3. The van der Waals surface area contributed by atoms with E-state index in [9.17, 15) is 9.59 Å². The van der Waals surface area contributed by atoms with Crippen LogP contribution in [0.15, 0.2) is 149 Å². The quantitative estimate of drug-likeness (QED) is 0.0752. The predicted molar refractivity (Wildman–Crippen MR) is 288 cm³/mol. The Hall–Kier alpha value is -7.61. The van der Waals surface area contributed by atoms with Gasteiger partial charge in [-0.2, -0.15) is 0 Å². The summed E-state index contributed by atoms with van der Waals surface area (Å²) in [5.41, 5.74) is 8.86. The van der Waals surface area contributed by atoms with Crippen LogP contribution in [0.1, 0.15) is 94.0 Å². The van der Waals surface area contributed by atoms with Gasteiger partial charge in [-0.25, -0.2) is 19.6 Å². The highest BCUT2D eigenvalue weighted by molar-refractivity contribution is 6.39. The molecule has 2 aliphatic rings. The lowest BCUT2D eigenvalue weighted by atomic mass is 9.81. The molecule has 2 fully saturated rings. The molecule has 0 spiro atoms.